The zero-order valence-corrected chi connectivity index (χ0v) is 65.8. The number of rotatable bonds is 48. The molecule has 0 bridgehead atoms. The molecule has 6 rings (SSSR count). The number of amides is 14. The number of thioether (sulfide) groups is 1. The number of ether oxygens (including phenoxy) is 2. The van der Waals surface area contributed by atoms with Crippen LogP contribution in [0.4, 0.5) is 9.59 Å². The lowest BCUT2D eigenvalue weighted by Gasteiger charge is -2.32. The monoisotopic (exact) mass is 1620 g/mol. The summed E-state index contributed by atoms with van der Waals surface area (Å²) in [6.07, 6.45) is -0.502. The Morgan fingerprint density at radius 2 is 0.896 bits per heavy atom. The van der Waals surface area contributed by atoms with Gasteiger partial charge < -0.3 is 100 Å². The molecule has 2 fully saturated rings. The van der Waals surface area contributed by atoms with E-state index in [-0.39, 0.29) is 128 Å². The molecule has 0 aromatic heterocycles. The number of likely N-dealkylation sites (tertiary alicyclic amines) is 2. The van der Waals surface area contributed by atoms with Crippen LogP contribution in [0.25, 0.3) is 0 Å². The lowest BCUT2D eigenvalue weighted by Crippen LogP contribution is -2.60. The smallest absolute Gasteiger partial charge is 0.408 e. The molecule has 2 aliphatic rings. The SMILES string of the molecule is CSCC[C@H](NC(=O)[C@H](CC(C)C)NC(=O)CNC(=O)[C@H](Cc1ccccc1)NC(=O)[C@H](Cc1ccccc1)NC(=O)[C@H](CCC(N)=O)NC(=O)[C@H](CCC(N)=O)NC(=O)[C@@H]1CCCN1C(=O)[C@H](CCCCNC(=O)OCc1ccccc1)NC(=O)[C@@H]1CCCN1C(=O)[C@H](CCCN=C(N)N)NC(=O)OCc1ccccc1)C(=O)O. The number of benzene rings is 4. The van der Waals surface area contributed by atoms with Crippen molar-refractivity contribution in [2.24, 2.45) is 33.8 Å². The molecule has 0 spiro atoms. The topological polar surface area (TPSA) is 538 Å². The second-order valence-corrected chi connectivity index (χ2v) is 29.4. The van der Waals surface area contributed by atoms with Gasteiger partial charge in [-0.1, -0.05) is 135 Å². The van der Waals surface area contributed by atoms with E-state index in [1.54, 1.807) is 135 Å². The van der Waals surface area contributed by atoms with Gasteiger partial charge in [0.1, 0.15) is 73.6 Å². The number of aliphatic imine (C=N–C) groups is 1. The van der Waals surface area contributed by atoms with Crippen LogP contribution >= 0.6 is 11.8 Å². The Labute approximate surface area is 672 Å². The number of carboxylic acids is 1. The molecule has 2 heterocycles. The molecular weight excluding hydrogens is 1510 g/mol. The summed E-state index contributed by atoms with van der Waals surface area (Å²) in [5, 5.41) is 36.0. The van der Waals surface area contributed by atoms with E-state index in [1.807, 2.05) is 6.07 Å². The Hall–Kier alpha value is -11.9. The zero-order chi connectivity index (χ0) is 83.8. The summed E-state index contributed by atoms with van der Waals surface area (Å²) in [6.45, 7) is 3.03. The van der Waals surface area contributed by atoms with Gasteiger partial charge in [0, 0.05) is 51.9 Å². The third kappa shape index (κ3) is 33.0. The molecule has 4 aromatic carbocycles. The van der Waals surface area contributed by atoms with Crippen molar-refractivity contribution in [1.29, 1.82) is 0 Å². The number of nitrogens with two attached hydrogens (primary N) is 4. The fourth-order valence-corrected chi connectivity index (χ4v) is 13.4. The van der Waals surface area contributed by atoms with Gasteiger partial charge in [0.25, 0.3) is 0 Å². The molecule has 0 aliphatic carbocycles. The molecular formula is C79H109N17O18S. The molecule has 2 saturated heterocycles. The second-order valence-electron chi connectivity index (χ2n) is 28.4. The van der Waals surface area contributed by atoms with Crippen molar-refractivity contribution in [3.63, 3.8) is 0 Å². The van der Waals surface area contributed by atoms with Gasteiger partial charge in [0.15, 0.2) is 5.96 Å². The molecule has 10 atom stereocenters. The number of carbonyl (C=O) groups excluding carboxylic acids is 14. The number of alkyl carbamates (subject to hydrolysis) is 2. The number of guanidine groups is 1. The molecule has 115 heavy (non-hydrogen) atoms. The highest BCUT2D eigenvalue weighted by molar-refractivity contribution is 7.98. The number of carbonyl (C=O) groups is 15. The van der Waals surface area contributed by atoms with Crippen molar-refractivity contribution in [3.05, 3.63) is 144 Å². The maximum atomic E-state index is 15.2. The van der Waals surface area contributed by atoms with Gasteiger partial charge >= 0.3 is 18.2 Å². The summed E-state index contributed by atoms with van der Waals surface area (Å²) < 4.78 is 10.8. The van der Waals surface area contributed by atoms with Crippen molar-refractivity contribution in [3.8, 4) is 0 Å². The Kier molecular flexibility index (Phi) is 39.2. The normalized spacial score (nSPS) is 15.7. The summed E-state index contributed by atoms with van der Waals surface area (Å²) >= 11 is 1.39. The molecule has 0 unspecified atom stereocenters. The average molecular weight is 1620 g/mol. The highest BCUT2D eigenvalue weighted by atomic mass is 32.2. The number of hydrogen-bond donors (Lipinski definition) is 15. The summed E-state index contributed by atoms with van der Waals surface area (Å²) in [4.78, 5) is 214. The number of aliphatic carboxylic acids is 1. The van der Waals surface area contributed by atoms with E-state index in [9.17, 15) is 72.2 Å². The number of unbranched alkanes of at least 4 members (excludes halogenated alkanes) is 1. The van der Waals surface area contributed by atoms with Gasteiger partial charge in [-0.15, -0.1) is 0 Å². The third-order valence-corrected chi connectivity index (χ3v) is 19.5. The van der Waals surface area contributed by atoms with Crippen LogP contribution in [-0.4, -0.2) is 215 Å². The van der Waals surface area contributed by atoms with Gasteiger partial charge in [-0.25, -0.2) is 14.4 Å². The van der Waals surface area contributed by atoms with E-state index >= 15 is 4.79 Å². The van der Waals surface area contributed by atoms with Crippen LogP contribution in [0.15, 0.2) is 126 Å². The molecule has 36 heteroatoms. The van der Waals surface area contributed by atoms with Crippen LogP contribution < -0.4 is 76.1 Å². The van der Waals surface area contributed by atoms with E-state index < -0.39 is 182 Å². The van der Waals surface area contributed by atoms with Crippen LogP contribution in [0.1, 0.15) is 132 Å². The third-order valence-electron chi connectivity index (χ3n) is 18.9. The first-order valence-electron chi connectivity index (χ1n) is 38.4. The minimum Gasteiger partial charge on any atom is -0.480 e. The van der Waals surface area contributed by atoms with E-state index in [0.29, 0.717) is 28.9 Å². The molecule has 0 radical (unpaired) electrons. The van der Waals surface area contributed by atoms with Crippen molar-refractivity contribution >= 4 is 107 Å². The molecule has 35 nitrogen and oxygen atoms in total. The van der Waals surface area contributed by atoms with E-state index in [4.69, 9.17) is 32.4 Å². The predicted octanol–water partition coefficient (Wildman–Crippen LogP) is 0.824. The van der Waals surface area contributed by atoms with Gasteiger partial charge in [-0.2, -0.15) is 11.8 Å². The van der Waals surface area contributed by atoms with Gasteiger partial charge in [0.2, 0.25) is 70.9 Å². The quantitative estimate of drug-likeness (QED) is 0.0165. The van der Waals surface area contributed by atoms with Crippen molar-refractivity contribution in [1.82, 2.24) is 63.0 Å². The molecule has 2 aliphatic heterocycles. The minimum atomic E-state index is -1.71. The maximum absolute atomic E-state index is 15.2. The van der Waals surface area contributed by atoms with Crippen LogP contribution in [0.2, 0.25) is 0 Å². The number of carboxylic acid groups (broad SMARTS) is 1. The Balaban J connectivity index is 1.21. The lowest BCUT2D eigenvalue weighted by atomic mass is 10.0. The zero-order valence-electron chi connectivity index (χ0n) is 65.0. The summed E-state index contributed by atoms with van der Waals surface area (Å²) in [5.41, 5.74) is 24.8. The fourth-order valence-electron chi connectivity index (χ4n) is 13.0. The van der Waals surface area contributed by atoms with Gasteiger partial charge in [-0.05, 0) is 124 Å². The standard InChI is InChI=1S/C79H109N17O18S/c1-49(2)43-59(70(103)91-58(76(109)110)37-42-115-3)87-66(99)46-86-67(100)60(44-50-21-8-4-9-22-50)92-71(104)61(45-51-23-10-5-11-24-51)93-69(102)54(33-35-64(80)97)88-68(101)55(34-36-65(81)98)89-72(105)62-31-19-40-95(62)74(107)56(29-16-17-38-85-78(111)113-47-52-25-12-6-13-26-52)90-73(106)63-32-20-41-96(63)75(108)57(30-18-39-84-77(82)83)94-79(112)114-48-53-27-14-7-15-28-53/h4-15,21-28,49,54-63H,16-20,29-48H2,1-3H3,(H2,80,97)(H2,81,98)(H,85,111)(H,86,100)(H,87,99)(H,88,101)(H,89,105)(H,90,106)(H,91,103)(H,92,104)(H,93,102)(H,94,112)(H,109,110)(H4,82,83,84)/t54-,55-,56-,57-,58-,59-,60-,61-,62-,63-/m0/s1. The molecule has 0 saturated carbocycles. The molecule has 14 amide bonds. The van der Waals surface area contributed by atoms with Crippen molar-refractivity contribution in [2.45, 2.75) is 197 Å². The molecule has 4 aromatic rings. The highest BCUT2D eigenvalue weighted by Crippen LogP contribution is 2.24. The summed E-state index contributed by atoms with van der Waals surface area (Å²) in [5.74, 6) is -11.4. The number of primary amides is 2. The van der Waals surface area contributed by atoms with Crippen molar-refractivity contribution in [2.75, 3.05) is 44.7 Å². The van der Waals surface area contributed by atoms with Crippen LogP contribution in [0.5, 0.6) is 0 Å². The summed E-state index contributed by atoms with van der Waals surface area (Å²) in [6, 6.07) is 20.8. The van der Waals surface area contributed by atoms with E-state index in [0.717, 1.165) is 5.56 Å². The first kappa shape index (κ1) is 92.0. The second kappa shape index (κ2) is 48.9. The number of nitrogens with one attached hydrogen (secondary N) is 10. The van der Waals surface area contributed by atoms with Crippen LogP contribution in [0.3, 0.4) is 0 Å². The number of nitrogens with zero attached hydrogens (tertiary/aromatic N) is 3. The molecule has 624 valence electrons. The minimum absolute atomic E-state index is 0.000886. The summed E-state index contributed by atoms with van der Waals surface area (Å²) in [7, 11) is 0. The lowest BCUT2D eigenvalue weighted by molar-refractivity contribution is -0.144. The van der Waals surface area contributed by atoms with Crippen LogP contribution in [-0.2, 0) is 97.9 Å². The Bertz CT molecular complexity index is 3940. The van der Waals surface area contributed by atoms with Gasteiger partial charge in [-0.3, -0.25) is 62.5 Å². The predicted molar refractivity (Wildman–Crippen MR) is 425 cm³/mol. The largest absolute Gasteiger partial charge is 0.480 e. The van der Waals surface area contributed by atoms with Crippen molar-refractivity contribution < 1.29 is 86.5 Å². The number of hydrogen-bond acceptors (Lipinski definition) is 19. The first-order valence-corrected chi connectivity index (χ1v) is 39.8. The average Bonchev–Trinajstić information content (AvgIpc) is 1.67. The van der Waals surface area contributed by atoms with E-state index in [2.05, 4.69) is 58.2 Å². The maximum Gasteiger partial charge on any atom is 0.408 e. The van der Waals surface area contributed by atoms with Gasteiger partial charge in [0.05, 0.1) is 6.54 Å². The van der Waals surface area contributed by atoms with E-state index in [1.165, 1.54) is 21.6 Å². The first-order chi connectivity index (χ1) is 55.1. The fraction of sp³-hybridized carbons (Fsp3) is 0.494. The van der Waals surface area contributed by atoms with Crippen LogP contribution in [0, 0.1) is 5.92 Å². The Morgan fingerprint density at radius 3 is 1.37 bits per heavy atom. The Morgan fingerprint density at radius 1 is 0.470 bits per heavy atom. The highest BCUT2D eigenvalue weighted by Gasteiger charge is 2.43. The molecule has 19 N–H and O–H groups in total.